The van der Waals surface area contributed by atoms with Crippen LogP contribution in [-0.2, 0) is 11.2 Å². The number of nitrogens with two attached hydrogens (primary N) is 2. The Morgan fingerprint density at radius 2 is 1.00 bits per heavy atom. The highest BCUT2D eigenvalue weighted by atomic mass is 32.2. The lowest BCUT2D eigenvalue weighted by Crippen LogP contribution is -2.54. The predicted octanol–water partition coefficient (Wildman–Crippen LogP) is 5.70. The minimum Gasteiger partial charge on any atom is -0.398 e. The molecule has 0 aliphatic rings. The molecule has 0 aliphatic carbocycles. The van der Waals surface area contributed by atoms with Crippen LogP contribution in [0.2, 0.25) is 0 Å². The first-order valence-corrected chi connectivity index (χ1v) is 10.0. The van der Waals surface area contributed by atoms with E-state index in [9.17, 15) is 49.7 Å². The summed E-state index contributed by atoms with van der Waals surface area (Å²) in [6, 6.07) is 3.08. The smallest absolute Gasteiger partial charge is 0.398 e. The molecule has 6 N–H and O–H groups in total. The van der Waals surface area contributed by atoms with Gasteiger partial charge in [-0.3, -0.25) is 0 Å². The molecule has 1 atom stereocenters. The fraction of sp³-hybridized carbons (Fsp3) is 0.400. The number of aryl methyl sites for hydroxylation is 2. The molecule has 0 aromatic heterocycles. The quantitative estimate of drug-likeness (QED) is 0.306. The van der Waals surface area contributed by atoms with Crippen molar-refractivity contribution in [3.8, 4) is 0 Å². The Hall–Kier alpha value is -2.32. The Morgan fingerprint density at radius 3 is 1.35 bits per heavy atom. The number of hydrogen-bond donors (Lipinski definition) is 4. The average Bonchev–Trinajstić information content (AvgIpc) is 2.62. The number of nitrogen functional groups attached to an aromatic ring is 2. The molecule has 0 saturated carbocycles. The zero-order valence-electron chi connectivity index (χ0n) is 17.7. The van der Waals surface area contributed by atoms with Crippen molar-refractivity contribution in [1.29, 1.82) is 0 Å². The molecule has 0 saturated heterocycles. The maximum atomic E-state index is 13.3. The lowest BCUT2D eigenvalue weighted by atomic mass is 9.90. The second kappa shape index (κ2) is 8.41. The van der Waals surface area contributed by atoms with Crippen LogP contribution in [-0.4, -0.2) is 28.7 Å². The van der Waals surface area contributed by atoms with Gasteiger partial charge in [-0.25, -0.2) is 0 Å². The van der Waals surface area contributed by atoms with E-state index in [1.807, 2.05) is 0 Å². The summed E-state index contributed by atoms with van der Waals surface area (Å²) in [4.78, 5) is -0.309. The molecule has 190 valence electrons. The minimum absolute atomic E-state index is 0.0462. The third-order valence-electron chi connectivity index (χ3n) is 5.20. The van der Waals surface area contributed by atoms with E-state index < -0.39 is 52.2 Å². The number of halogens is 9. The van der Waals surface area contributed by atoms with Gasteiger partial charge in [0.2, 0.25) is 0 Å². The van der Waals surface area contributed by atoms with Gasteiger partial charge in [-0.05, 0) is 56.2 Å². The number of anilines is 2. The Kier molecular flexibility index (Phi) is 6.91. The first-order valence-electron chi connectivity index (χ1n) is 9.19. The van der Waals surface area contributed by atoms with Crippen LogP contribution in [0.4, 0.5) is 50.9 Å². The van der Waals surface area contributed by atoms with Crippen LogP contribution in [0.1, 0.15) is 29.2 Å². The molecule has 0 aliphatic heterocycles. The third-order valence-corrected chi connectivity index (χ3v) is 6.52. The van der Waals surface area contributed by atoms with E-state index in [0.717, 1.165) is 18.2 Å². The molecule has 34 heavy (non-hydrogen) atoms. The van der Waals surface area contributed by atoms with E-state index >= 15 is 0 Å². The van der Waals surface area contributed by atoms with Crippen molar-refractivity contribution >= 4 is 23.1 Å². The summed E-state index contributed by atoms with van der Waals surface area (Å²) >= 11 is 0.515. The molecule has 0 heterocycles. The highest BCUT2D eigenvalue weighted by molar-refractivity contribution is 7.99. The van der Waals surface area contributed by atoms with Gasteiger partial charge in [0.25, 0.3) is 5.60 Å². The molecule has 0 radical (unpaired) electrons. The van der Waals surface area contributed by atoms with E-state index in [4.69, 9.17) is 11.5 Å². The van der Waals surface area contributed by atoms with Gasteiger partial charge in [0, 0.05) is 32.3 Å². The number of alkyl halides is 9. The molecule has 0 fully saturated rings. The molecular weight excluding hydrogens is 503 g/mol. The van der Waals surface area contributed by atoms with Crippen LogP contribution in [0.5, 0.6) is 0 Å². The third kappa shape index (κ3) is 4.62. The molecule has 2 aromatic rings. The number of aliphatic hydroxyl groups is 2. The summed E-state index contributed by atoms with van der Waals surface area (Å²) in [5.41, 5.74) is -1.23. The van der Waals surface area contributed by atoms with Gasteiger partial charge in [-0.1, -0.05) is 11.8 Å². The van der Waals surface area contributed by atoms with Crippen LogP contribution < -0.4 is 11.5 Å². The van der Waals surface area contributed by atoms with Crippen LogP contribution in [0.15, 0.2) is 34.1 Å². The lowest BCUT2D eigenvalue weighted by Gasteiger charge is -2.34. The van der Waals surface area contributed by atoms with Crippen LogP contribution in [0.3, 0.4) is 0 Å². The van der Waals surface area contributed by atoms with Gasteiger partial charge in [0.15, 0.2) is 5.60 Å². The molecule has 0 bridgehead atoms. The summed E-state index contributed by atoms with van der Waals surface area (Å²) in [6.45, 7) is 3.13. The van der Waals surface area contributed by atoms with Crippen molar-refractivity contribution < 1.29 is 49.7 Å². The predicted molar refractivity (Wildman–Crippen MR) is 107 cm³/mol. The summed E-state index contributed by atoms with van der Waals surface area (Å²) < 4.78 is 120. The Labute approximate surface area is 191 Å². The molecular formula is C20H19F9N2O2S. The molecule has 2 aromatic carbocycles. The van der Waals surface area contributed by atoms with Gasteiger partial charge in [-0.2, -0.15) is 39.5 Å². The lowest BCUT2D eigenvalue weighted by molar-refractivity contribution is -0.376. The second-order valence-electron chi connectivity index (χ2n) is 7.79. The molecule has 2 rings (SSSR count). The molecule has 0 amide bonds. The van der Waals surface area contributed by atoms with E-state index in [-0.39, 0.29) is 20.9 Å². The Morgan fingerprint density at radius 1 is 0.647 bits per heavy atom. The molecule has 4 nitrogen and oxygen atoms in total. The summed E-state index contributed by atoms with van der Waals surface area (Å²) in [5.74, 6) is 0. The van der Waals surface area contributed by atoms with Gasteiger partial charge in [0.05, 0.1) is 0 Å². The topological polar surface area (TPSA) is 92.5 Å². The summed E-state index contributed by atoms with van der Waals surface area (Å²) in [7, 11) is 0. The molecule has 14 heteroatoms. The van der Waals surface area contributed by atoms with Crippen LogP contribution >= 0.6 is 11.8 Å². The number of rotatable bonds is 4. The van der Waals surface area contributed by atoms with Crippen molar-refractivity contribution in [3.05, 3.63) is 46.5 Å². The van der Waals surface area contributed by atoms with Gasteiger partial charge >= 0.3 is 18.5 Å². The highest BCUT2D eigenvalue weighted by Gasteiger charge is 2.72. The fourth-order valence-electron chi connectivity index (χ4n) is 3.11. The fourth-order valence-corrected chi connectivity index (χ4v) is 4.14. The molecule has 1 unspecified atom stereocenters. The summed E-state index contributed by atoms with van der Waals surface area (Å²) in [5, 5.41) is 19.7. The zero-order valence-corrected chi connectivity index (χ0v) is 18.5. The first kappa shape index (κ1) is 27.9. The largest absolute Gasteiger partial charge is 0.430 e. The van der Waals surface area contributed by atoms with E-state index in [1.165, 1.54) is 13.8 Å². The first-order chi connectivity index (χ1) is 15.1. The number of benzene rings is 2. The Balaban J connectivity index is 2.72. The summed E-state index contributed by atoms with van der Waals surface area (Å²) in [6.07, 6.45) is -17.5. The SMILES string of the molecule is Cc1cc(N)c(C(C)(O)C(F)(F)F)cc1Sc1cc(C(O)(C(F)(F)F)C(F)(F)F)c(N)cc1C. The van der Waals surface area contributed by atoms with Crippen LogP contribution in [0.25, 0.3) is 0 Å². The van der Waals surface area contributed by atoms with Gasteiger partial charge in [0.1, 0.15) is 0 Å². The second-order valence-corrected chi connectivity index (χ2v) is 8.87. The van der Waals surface area contributed by atoms with Crippen LogP contribution in [0, 0.1) is 13.8 Å². The maximum Gasteiger partial charge on any atom is 0.430 e. The van der Waals surface area contributed by atoms with Gasteiger partial charge in [-0.15, -0.1) is 0 Å². The normalized spacial score (nSPS) is 15.4. The van der Waals surface area contributed by atoms with Crippen molar-refractivity contribution in [2.75, 3.05) is 11.5 Å². The van der Waals surface area contributed by atoms with Crippen molar-refractivity contribution in [3.63, 3.8) is 0 Å². The molecule has 0 spiro atoms. The van der Waals surface area contributed by atoms with E-state index in [2.05, 4.69) is 0 Å². The average molecular weight is 522 g/mol. The minimum atomic E-state index is -6.19. The zero-order chi connectivity index (χ0) is 26.7. The monoisotopic (exact) mass is 522 g/mol. The maximum absolute atomic E-state index is 13.3. The van der Waals surface area contributed by atoms with Crippen molar-refractivity contribution in [2.24, 2.45) is 0 Å². The van der Waals surface area contributed by atoms with E-state index in [0.29, 0.717) is 24.8 Å². The van der Waals surface area contributed by atoms with Crippen molar-refractivity contribution in [2.45, 2.75) is 60.3 Å². The highest BCUT2D eigenvalue weighted by Crippen LogP contribution is 2.53. The number of hydrogen-bond acceptors (Lipinski definition) is 5. The van der Waals surface area contributed by atoms with Crippen molar-refractivity contribution in [1.82, 2.24) is 0 Å². The van der Waals surface area contributed by atoms with Gasteiger partial charge < -0.3 is 21.7 Å². The van der Waals surface area contributed by atoms with E-state index in [1.54, 1.807) is 0 Å². The standard InChI is InChI=1S/C20H19F9N2O2S/c1-8-4-12(30)10(16(3,32)18(21,22)23)6-14(8)34-15-7-11(13(31)5-9(15)2)17(33,19(24,25)26)20(27,28)29/h4-7,32-33H,30-31H2,1-3H3. The Bertz CT molecular complexity index is 1080.